The fourth-order valence-electron chi connectivity index (χ4n) is 2.08. The molecule has 0 spiro atoms. The molecule has 1 aliphatic carbocycles. The molecule has 1 heterocycles. The average molecular weight is 241 g/mol. The topological polar surface area (TPSA) is 58.0 Å². The third kappa shape index (κ3) is 2.07. The molecule has 92 valence electrons. The Morgan fingerprint density at radius 2 is 2.00 bits per heavy atom. The minimum absolute atomic E-state index is 0.597. The van der Waals surface area contributed by atoms with Gasteiger partial charge < -0.3 is 0 Å². The van der Waals surface area contributed by atoms with Crippen LogP contribution in [0.1, 0.15) is 30.1 Å². The van der Waals surface area contributed by atoms with Crippen molar-refractivity contribution < 1.29 is 5.21 Å². The van der Waals surface area contributed by atoms with E-state index in [9.17, 15) is 0 Å². The zero-order chi connectivity index (χ0) is 12.5. The van der Waals surface area contributed by atoms with Crippen LogP contribution >= 0.6 is 0 Å². The van der Waals surface area contributed by atoms with Crippen LogP contribution in [0.3, 0.4) is 0 Å². The van der Waals surface area contributed by atoms with E-state index in [0.29, 0.717) is 17.4 Å². The predicted octanol–water partition coefficient (Wildman–Crippen LogP) is 3.13. The van der Waals surface area contributed by atoms with Crippen molar-refractivity contribution in [3.8, 4) is 11.4 Å². The van der Waals surface area contributed by atoms with Crippen molar-refractivity contribution in [1.29, 1.82) is 0 Å². The maximum absolute atomic E-state index is 9.13. The highest BCUT2D eigenvalue weighted by atomic mass is 16.5. The zero-order valence-electron chi connectivity index (χ0n) is 10.2. The molecule has 3 rings (SSSR count). The molecule has 0 radical (unpaired) electrons. The summed E-state index contributed by atoms with van der Waals surface area (Å²) < 4.78 is 0. The zero-order valence-corrected chi connectivity index (χ0v) is 10.2. The molecule has 18 heavy (non-hydrogen) atoms. The van der Waals surface area contributed by atoms with Gasteiger partial charge in [0, 0.05) is 22.9 Å². The molecule has 4 nitrogen and oxygen atoms in total. The number of para-hydroxylation sites is 1. The van der Waals surface area contributed by atoms with Crippen LogP contribution < -0.4 is 5.48 Å². The van der Waals surface area contributed by atoms with Crippen LogP contribution in [0, 0.1) is 6.92 Å². The van der Waals surface area contributed by atoms with Crippen LogP contribution in [0.4, 0.5) is 5.69 Å². The lowest BCUT2D eigenvalue weighted by molar-refractivity contribution is 0.389. The molecule has 1 aromatic carbocycles. The van der Waals surface area contributed by atoms with Crippen LogP contribution in [0.15, 0.2) is 30.3 Å². The first-order valence-electron chi connectivity index (χ1n) is 6.13. The minimum atomic E-state index is 0.597. The summed E-state index contributed by atoms with van der Waals surface area (Å²) >= 11 is 0. The molecule has 0 bridgehead atoms. The first-order valence-corrected chi connectivity index (χ1v) is 6.13. The average Bonchev–Trinajstić information content (AvgIpc) is 3.22. The van der Waals surface area contributed by atoms with Crippen molar-refractivity contribution in [3.05, 3.63) is 41.7 Å². The SMILES string of the molecule is Cc1cc(C2CC2)nc(-c2ccccc2NO)n1. The van der Waals surface area contributed by atoms with Crippen LogP contribution in [-0.2, 0) is 0 Å². The van der Waals surface area contributed by atoms with E-state index >= 15 is 0 Å². The van der Waals surface area contributed by atoms with Crippen molar-refractivity contribution in [2.24, 2.45) is 0 Å². The van der Waals surface area contributed by atoms with Gasteiger partial charge in [0.05, 0.1) is 5.69 Å². The molecule has 0 aliphatic heterocycles. The Labute approximate surface area is 106 Å². The van der Waals surface area contributed by atoms with E-state index in [0.717, 1.165) is 17.0 Å². The first kappa shape index (κ1) is 11.2. The lowest BCUT2D eigenvalue weighted by atomic mass is 10.1. The van der Waals surface area contributed by atoms with Gasteiger partial charge in [-0.15, -0.1) is 0 Å². The summed E-state index contributed by atoms with van der Waals surface area (Å²) in [6.45, 7) is 1.98. The number of anilines is 1. The van der Waals surface area contributed by atoms with E-state index in [-0.39, 0.29) is 0 Å². The normalized spacial score (nSPS) is 14.6. The molecule has 1 fully saturated rings. The maximum atomic E-state index is 9.13. The lowest BCUT2D eigenvalue weighted by Crippen LogP contribution is -1.99. The van der Waals surface area contributed by atoms with Gasteiger partial charge >= 0.3 is 0 Å². The Morgan fingerprint density at radius 1 is 1.22 bits per heavy atom. The molecule has 0 amide bonds. The second kappa shape index (κ2) is 4.38. The third-order valence-electron chi connectivity index (χ3n) is 3.16. The number of aromatic nitrogens is 2. The standard InChI is InChI=1S/C14H15N3O/c1-9-8-13(10-6-7-10)16-14(15-9)11-4-2-3-5-12(11)17-18/h2-5,8,10,17-18H,6-7H2,1H3. The van der Waals surface area contributed by atoms with E-state index in [1.165, 1.54) is 12.8 Å². The fourth-order valence-corrected chi connectivity index (χ4v) is 2.08. The van der Waals surface area contributed by atoms with Gasteiger partial charge in [0.2, 0.25) is 0 Å². The summed E-state index contributed by atoms with van der Waals surface area (Å²) in [5.74, 6) is 1.27. The summed E-state index contributed by atoms with van der Waals surface area (Å²) in [5.41, 5.74) is 5.74. The maximum Gasteiger partial charge on any atom is 0.161 e. The third-order valence-corrected chi connectivity index (χ3v) is 3.16. The number of nitrogens with one attached hydrogen (secondary N) is 1. The Bertz CT molecular complexity index is 579. The lowest BCUT2D eigenvalue weighted by Gasteiger charge is -2.09. The Balaban J connectivity index is 2.10. The van der Waals surface area contributed by atoms with E-state index in [1.54, 1.807) is 6.07 Å². The molecule has 0 unspecified atom stereocenters. The summed E-state index contributed by atoms with van der Waals surface area (Å²) in [4.78, 5) is 9.07. The van der Waals surface area contributed by atoms with Gasteiger partial charge in [-0.1, -0.05) is 12.1 Å². The number of benzene rings is 1. The Kier molecular flexibility index (Phi) is 2.72. The Morgan fingerprint density at radius 3 is 2.72 bits per heavy atom. The van der Waals surface area contributed by atoms with Gasteiger partial charge in [-0.25, -0.2) is 9.97 Å². The van der Waals surface area contributed by atoms with Crippen LogP contribution in [0.5, 0.6) is 0 Å². The number of nitrogens with zero attached hydrogens (tertiary/aromatic N) is 2. The summed E-state index contributed by atoms with van der Waals surface area (Å²) in [6, 6.07) is 9.54. The monoisotopic (exact) mass is 241 g/mol. The summed E-state index contributed by atoms with van der Waals surface area (Å²) in [7, 11) is 0. The summed E-state index contributed by atoms with van der Waals surface area (Å²) in [5, 5.41) is 9.13. The van der Waals surface area contributed by atoms with Gasteiger partial charge in [-0.05, 0) is 38.0 Å². The Hall–Kier alpha value is -1.94. The quantitative estimate of drug-likeness (QED) is 0.810. The number of aryl methyl sites for hydroxylation is 1. The highest BCUT2D eigenvalue weighted by molar-refractivity contribution is 5.72. The highest BCUT2D eigenvalue weighted by Gasteiger charge is 2.26. The molecule has 1 saturated carbocycles. The van der Waals surface area contributed by atoms with Crippen molar-refractivity contribution in [3.63, 3.8) is 0 Å². The van der Waals surface area contributed by atoms with Crippen LogP contribution in [0.25, 0.3) is 11.4 Å². The molecule has 2 N–H and O–H groups in total. The van der Waals surface area contributed by atoms with Gasteiger partial charge in [-0.3, -0.25) is 10.7 Å². The van der Waals surface area contributed by atoms with Gasteiger partial charge in [0.25, 0.3) is 0 Å². The van der Waals surface area contributed by atoms with Crippen LogP contribution in [-0.4, -0.2) is 15.2 Å². The van der Waals surface area contributed by atoms with Gasteiger partial charge in [-0.2, -0.15) is 0 Å². The number of hydrogen-bond donors (Lipinski definition) is 2. The molecule has 0 saturated heterocycles. The van der Waals surface area contributed by atoms with Crippen LogP contribution in [0.2, 0.25) is 0 Å². The summed E-state index contributed by atoms with van der Waals surface area (Å²) in [6.07, 6.45) is 2.44. The minimum Gasteiger partial charge on any atom is -0.291 e. The molecular formula is C14H15N3O. The number of rotatable bonds is 3. The molecule has 1 aromatic heterocycles. The first-order chi connectivity index (χ1) is 8.78. The molecule has 1 aliphatic rings. The second-order valence-corrected chi connectivity index (χ2v) is 4.69. The van der Waals surface area contributed by atoms with Gasteiger partial charge in [0.1, 0.15) is 0 Å². The van der Waals surface area contributed by atoms with Crippen molar-refractivity contribution in [2.45, 2.75) is 25.7 Å². The van der Waals surface area contributed by atoms with E-state index in [1.807, 2.05) is 25.1 Å². The van der Waals surface area contributed by atoms with Gasteiger partial charge in [0.15, 0.2) is 5.82 Å². The molecule has 4 heteroatoms. The molecular weight excluding hydrogens is 226 g/mol. The number of hydrogen-bond acceptors (Lipinski definition) is 4. The smallest absolute Gasteiger partial charge is 0.161 e. The fraction of sp³-hybridized carbons (Fsp3) is 0.286. The second-order valence-electron chi connectivity index (χ2n) is 4.69. The van der Waals surface area contributed by atoms with Crippen molar-refractivity contribution >= 4 is 5.69 Å². The molecule has 0 atom stereocenters. The molecule has 2 aromatic rings. The highest BCUT2D eigenvalue weighted by Crippen LogP contribution is 2.39. The van der Waals surface area contributed by atoms with E-state index in [2.05, 4.69) is 21.5 Å². The van der Waals surface area contributed by atoms with E-state index < -0.39 is 0 Å². The van der Waals surface area contributed by atoms with Crippen molar-refractivity contribution in [1.82, 2.24) is 9.97 Å². The predicted molar refractivity (Wildman–Crippen MR) is 69.6 cm³/mol. The van der Waals surface area contributed by atoms with Crippen molar-refractivity contribution in [2.75, 3.05) is 5.48 Å². The van der Waals surface area contributed by atoms with E-state index in [4.69, 9.17) is 5.21 Å². The largest absolute Gasteiger partial charge is 0.291 e.